The van der Waals surface area contributed by atoms with Crippen LogP contribution in [0.15, 0.2) is 83.4 Å². The molecule has 7 nitrogen and oxygen atoms in total. The van der Waals surface area contributed by atoms with E-state index in [4.69, 9.17) is 14.3 Å². The van der Waals surface area contributed by atoms with E-state index in [0.29, 0.717) is 39.7 Å². The van der Waals surface area contributed by atoms with Gasteiger partial charge in [-0.05, 0) is 42.5 Å². The number of oxazole rings is 1. The fourth-order valence-corrected chi connectivity index (χ4v) is 3.61. The first kappa shape index (κ1) is 19.6. The second kappa shape index (κ2) is 8.03. The Hall–Kier alpha value is -4.39. The number of rotatable bonds is 5. The first-order valence-corrected chi connectivity index (χ1v) is 10.1. The Morgan fingerprint density at radius 2 is 1.81 bits per heavy atom. The number of nitrogens with one attached hydrogen (secondary N) is 1. The summed E-state index contributed by atoms with van der Waals surface area (Å²) in [6.07, 6.45) is 1.73. The maximum Gasteiger partial charge on any atom is 0.259 e. The van der Waals surface area contributed by atoms with Crippen molar-refractivity contribution in [3.63, 3.8) is 0 Å². The molecule has 0 saturated carbocycles. The molecular weight excluding hydrogens is 404 g/mol. The van der Waals surface area contributed by atoms with E-state index in [1.807, 2.05) is 54.6 Å². The number of carbonyl (C=O) groups excluding carboxylic acids is 1. The van der Waals surface area contributed by atoms with Crippen LogP contribution in [-0.4, -0.2) is 27.8 Å². The second-order valence-corrected chi connectivity index (χ2v) is 7.24. The molecule has 158 valence electrons. The number of nitrogens with zero attached hydrogens (tertiary/aromatic N) is 3. The van der Waals surface area contributed by atoms with Gasteiger partial charge in [-0.1, -0.05) is 30.3 Å². The van der Waals surface area contributed by atoms with Crippen molar-refractivity contribution in [2.24, 2.45) is 0 Å². The van der Waals surface area contributed by atoms with Crippen molar-refractivity contribution in [3.8, 4) is 22.7 Å². The molecule has 0 radical (unpaired) electrons. The van der Waals surface area contributed by atoms with Gasteiger partial charge in [0, 0.05) is 24.4 Å². The predicted molar refractivity (Wildman–Crippen MR) is 122 cm³/mol. The number of hydrogen-bond donors (Lipinski definition) is 1. The quantitative estimate of drug-likeness (QED) is 0.417. The summed E-state index contributed by atoms with van der Waals surface area (Å²) < 4.78 is 12.7. The summed E-state index contributed by atoms with van der Waals surface area (Å²) in [5.74, 6) is 0.929. The van der Waals surface area contributed by atoms with Gasteiger partial charge in [-0.3, -0.25) is 4.79 Å². The molecule has 0 atom stereocenters. The molecule has 0 spiro atoms. The topological polar surface area (TPSA) is 82.2 Å². The van der Waals surface area contributed by atoms with Gasteiger partial charge in [-0.2, -0.15) is 5.10 Å². The average molecular weight is 424 g/mol. The van der Waals surface area contributed by atoms with E-state index in [1.54, 1.807) is 43.1 Å². The first-order chi connectivity index (χ1) is 15.6. The Morgan fingerprint density at radius 3 is 2.62 bits per heavy atom. The lowest BCUT2D eigenvalue weighted by Gasteiger charge is -2.08. The molecule has 3 aromatic carbocycles. The fourth-order valence-electron chi connectivity index (χ4n) is 3.61. The number of amides is 1. The molecule has 0 saturated heterocycles. The summed E-state index contributed by atoms with van der Waals surface area (Å²) in [5, 5.41) is 7.68. The number of ether oxygens (including phenoxy) is 1. The van der Waals surface area contributed by atoms with Crippen LogP contribution in [0.1, 0.15) is 16.2 Å². The number of aromatic nitrogens is 3. The third-order valence-corrected chi connectivity index (χ3v) is 5.09. The summed E-state index contributed by atoms with van der Waals surface area (Å²) >= 11 is 0. The molecule has 2 heterocycles. The number of methoxy groups -OCH3 is 1. The number of benzene rings is 3. The number of hydrogen-bond acceptors (Lipinski definition) is 5. The lowest BCUT2D eigenvalue weighted by Crippen LogP contribution is -2.12. The molecule has 7 heteroatoms. The normalized spacial score (nSPS) is 10.9. The minimum atomic E-state index is -0.285. The van der Waals surface area contributed by atoms with Gasteiger partial charge in [0.05, 0.1) is 18.4 Å². The molecule has 0 unspecified atom stereocenters. The van der Waals surface area contributed by atoms with Crippen molar-refractivity contribution in [2.45, 2.75) is 6.92 Å². The van der Waals surface area contributed by atoms with Crippen LogP contribution in [0.2, 0.25) is 0 Å². The zero-order valence-electron chi connectivity index (χ0n) is 17.6. The molecule has 0 aliphatic rings. The SMILES string of the molecule is COc1ccccc1-c1nn(-c2ccccc2)cc1C(=O)Nc1ccc2oc(C)nc2c1. The van der Waals surface area contributed by atoms with Crippen LogP contribution in [0.4, 0.5) is 5.69 Å². The molecule has 0 aliphatic carbocycles. The summed E-state index contributed by atoms with van der Waals surface area (Å²) in [6, 6.07) is 22.5. The number of carbonyl (C=O) groups is 1. The zero-order chi connectivity index (χ0) is 22.1. The van der Waals surface area contributed by atoms with Crippen LogP contribution in [0.3, 0.4) is 0 Å². The lowest BCUT2D eigenvalue weighted by atomic mass is 10.1. The number of aryl methyl sites for hydroxylation is 1. The van der Waals surface area contributed by atoms with Crippen molar-refractivity contribution in [2.75, 3.05) is 12.4 Å². The van der Waals surface area contributed by atoms with Gasteiger partial charge >= 0.3 is 0 Å². The summed E-state index contributed by atoms with van der Waals surface area (Å²) in [7, 11) is 1.60. The number of para-hydroxylation sites is 2. The van der Waals surface area contributed by atoms with E-state index in [0.717, 1.165) is 11.3 Å². The van der Waals surface area contributed by atoms with Gasteiger partial charge in [0.25, 0.3) is 5.91 Å². The molecule has 0 fully saturated rings. The molecule has 1 amide bonds. The highest BCUT2D eigenvalue weighted by atomic mass is 16.5. The molecule has 1 N–H and O–H groups in total. The molecule has 32 heavy (non-hydrogen) atoms. The van der Waals surface area contributed by atoms with E-state index in [-0.39, 0.29) is 5.91 Å². The van der Waals surface area contributed by atoms with Gasteiger partial charge in [0.2, 0.25) is 0 Å². The fraction of sp³-hybridized carbons (Fsp3) is 0.0800. The van der Waals surface area contributed by atoms with Crippen molar-refractivity contribution in [3.05, 3.63) is 90.4 Å². The standard InChI is InChI=1S/C25H20N4O3/c1-16-26-21-14-17(12-13-23(21)32-16)27-25(30)20-15-29(18-8-4-3-5-9-18)28-24(20)19-10-6-7-11-22(19)31-2/h3-15H,1-2H3,(H,27,30). The molecule has 0 bridgehead atoms. The van der Waals surface area contributed by atoms with Crippen LogP contribution in [0, 0.1) is 6.92 Å². The highest BCUT2D eigenvalue weighted by molar-refractivity contribution is 6.08. The van der Waals surface area contributed by atoms with Crippen LogP contribution < -0.4 is 10.1 Å². The maximum absolute atomic E-state index is 13.3. The Balaban J connectivity index is 1.57. The smallest absolute Gasteiger partial charge is 0.259 e. The monoisotopic (exact) mass is 424 g/mol. The van der Waals surface area contributed by atoms with Gasteiger partial charge in [0.1, 0.15) is 17.0 Å². The molecule has 5 aromatic rings. The van der Waals surface area contributed by atoms with E-state index < -0.39 is 0 Å². The minimum Gasteiger partial charge on any atom is -0.496 e. The van der Waals surface area contributed by atoms with Crippen molar-refractivity contribution in [1.29, 1.82) is 0 Å². The predicted octanol–water partition coefficient (Wildman–Crippen LogP) is 5.25. The Bertz CT molecular complexity index is 1420. The van der Waals surface area contributed by atoms with E-state index in [1.165, 1.54) is 0 Å². The van der Waals surface area contributed by atoms with E-state index in [2.05, 4.69) is 10.3 Å². The Morgan fingerprint density at radius 1 is 1.03 bits per heavy atom. The van der Waals surface area contributed by atoms with Crippen LogP contribution in [-0.2, 0) is 0 Å². The van der Waals surface area contributed by atoms with Crippen molar-refractivity contribution >= 4 is 22.7 Å². The first-order valence-electron chi connectivity index (χ1n) is 10.1. The Labute approximate surface area is 184 Å². The summed E-state index contributed by atoms with van der Waals surface area (Å²) in [5.41, 5.74) is 4.52. The van der Waals surface area contributed by atoms with Crippen LogP contribution >= 0.6 is 0 Å². The molecular formula is C25H20N4O3. The largest absolute Gasteiger partial charge is 0.496 e. The molecule has 5 rings (SSSR count). The van der Waals surface area contributed by atoms with Crippen molar-refractivity contribution < 1.29 is 13.9 Å². The van der Waals surface area contributed by atoms with E-state index in [9.17, 15) is 4.79 Å². The molecule has 0 aliphatic heterocycles. The highest BCUT2D eigenvalue weighted by Crippen LogP contribution is 2.32. The van der Waals surface area contributed by atoms with Gasteiger partial charge < -0.3 is 14.5 Å². The lowest BCUT2D eigenvalue weighted by molar-refractivity contribution is 0.102. The third-order valence-electron chi connectivity index (χ3n) is 5.09. The summed E-state index contributed by atoms with van der Waals surface area (Å²) in [6.45, 7) is 1.79. The summed E-state index contributed by atoms with van der Waals surface area (Å²) in [4.78, 5) is 17.7. The zero-order valence-corrected chi connectivity index (χ0v) is 17.6. The number of fused-ring (bicyclic) bond motifs is 1. The van der Waals surface area contributed by atoms with Gasteiger partial charge in [0.15, 0.2) is 11.5 Å². The maximum atomic E-state index is 13.3. The second-order valence-electron chi connectivity index (χ2n) is 7.24. The third kappa shape index (κ3) is 3.60. The van der Waals surface area contributed by atoms with Gasteiger partial charge in [-0.25, -0.2) is 9.67 Å². The Kier molecular flexibility index (Phi) is 4.91. The minimum absolute atomic E-state index is 0.285. The van der Waals surface area contributed by atoms with Crippen LogP contribution in [0.25, 0.3) is 28.0 Å². The number of anilines is 1. The van der Waals surface area contributed by atoms with Crippen molar-refractivity contribution in [1.82, 2.24) is 14.8 Å². The molecule has 2 aromatic heterocycles. The van der Waals surface area contributed by atoms with Gasteiger partial charge in [-0.15, -0.1) is 0 Å². The van der Waals surface area contributed by atoms with E-state index >= 15 is 0 Å². The highest BCUT2D eigenvalue weighted by Gasteiger charge is 2.21. The van der Waals surface area contributed by atoms with Crippen LogP contribution in [0.5, 0.6) is 5.75 Å². The average Bonchev–Trinajstić information content (AvgIpc) is 3.42.